The summed E-state index contributed by atoms with van der Waals surface area (Å²) >= 11 is 0. The van der Waals surface area contributed by atoms with E-state index in [0.29, 0.717) is 30.2 Å². The maximum absolute atomic E-state index is 12.5. The first-order chi connectivity index (χ1) is 13.3. The number of hydrogen-bond donors (Lipinski definition) is 2. The Morgan fingerprint density at radius 2 is 1.89 bits per heavy atom. The zero-order valence-electron chi connectivity index (χ0n) is 16.5. The Morgan fingerprint density at radius 1 is 1.14 bits per heavy atom. The van der Waals surface area contributed by atoms with E-state index in [-0.39, 0.29) is 11.3 Å². The number of amides is 1. The van der Waals surface area contributed by atoms with Crippen LogP contribution in [-0.4, -0.2) is 22.6 Å². The van der Waals surface area contributed by atoms with Gasteiger partial charge in [-0.3, -0.25) is 4.79 Å². The highest BCUT2D eigenvalue weighted by atomic mass is 16.5. The number of anilines is 1. The lowest BCUT2D eigenvalue weighted by Gasteiger charge is -2.13. The molecule has 0 bridgehead atoms. The third-order valence-electron chi connectivity index (χ3n) is 4.21. The van der Waals surface area contributed by atoms with E-state index in [1.165, 1.54) is 0 Å². The van der Waals surface area contributed by atoms with Crippen molar-refractivity contribution in [2.75, 3.05) is 12.3 Å². The topological polar surface area (TPSA) is 94.0 Å². The quantitative estimate of drug-likeness (QED) is 0.635. The van der Waals surface area contributed by atoms with Gasteiger partial charge in [-0.05, 0) is 41.7 Å². The molecule has 0 radical (unpaired) electrons. The largest absolute Gasteiger partial charge is 0.399 e. The Kier molecular flexibility index (Phi) is 5.78. The number of rotatable bonds is 6. The Hall–Kier alpha value is -3.15. The van der Waals surface area contributed by atoms with Gasteiger partial charge in [-0.1, -0.05) is 50.2 Å². The average Bonchev–Trinajstić information content (AvgIpc) is 3.10. The first-order valence-corrected chi connectivity index (χ1v) is 9.36. The van der Waals surface area contributed by atoms with Crippen LogP contribution in [0.2, 0.25) is 0 Å². The summed E-state index contributed by atoms with van der Waals surface area (Å²) in [5, 5.41) is 6.99. The number of carbonyl (C=O) groups is 1. The van der Waals surface area contributed by atoms with Crippen molar-refractivity contribution in [3.05, 3.63) is 65.5 Å². The highest BCUT2D eigenvalue weighted by Gasteiger charge is 2.17. The van der Waals surface area contributed by atoms with Crippen molar-refractivity contribution in [2.24, 2.45) is 5.41 Å². The van der Waals surface area contributed by atoms with Crippen LogP contribution >= 0.6 is 0 Å². The van der Waals surface area contributed by atoms with Crippen molar-refractivity contribution in [3.8, 4) is 11.4 Å². The number of aromatic nitrogens is 2. The maximum Gasteiger partial charge on any atom is 0.251 e. The smallest absolute Gasteiger partial charge is 0.251 e. The summed E-state index contributed by atoms with van der Waals surface area (Å²) in [5.41, 5.74) is 8.94. The Morgan fingerprint density at radius 3 is 2.61 bits per heavy atom. The summed E-state index contributed by atoms with van der Waals surface area (Å²) in [7, 11) is 0. The lowest BCUT2D eigenvalue weighted by molar-refractivity contribution is 0.0954. The fourth-order valence-electron chi connectivity index (χ4n) is 2.80. The minimum Gasteiger partial charge on any atom is -0.399 e. The molecule has 0 atom stereocenters. The molecule has 0 fully saturated rings. The number of nitrogens with zero attached hydrogens (tertiary/aromatic N) is 2. The van der Waals surface area contributed by atoms with Gasteiger partial charge in [0.15, 0.2) is 0 Å². The summed E-state index contributed by atoms with van der Waals surface area (Å²) in [6.45, 7) is 6.90. The van der Waals surface area contributed by atoms with Gasteiger partial charge in [0.1, 0.15) is 0 Å². The summed E-state index contributed by atoms with van der Waals surface area (Å²) in [6, 6.07) is 14.9. The van der Waals surface area contributed by atoms with Crippen LogP contribution in [0.4, 0.5) is 5.69 Å². The zero-order valence-corrected chi connectivity index (χ0v) is 16.5. The molecule has 3 N–H and O–H groups in total. The second kappa shape index (κ2) is 8.25. The first kappa shape index (κ1) is 19.6. The molecule has 0 saturated carbocycles. The van der Waals surface area contributed by atoms with Crippen molar-refractivity contribution in [2.45, 2.75) is 33.6 Å². The summed E-state index contributed by atoms with van der Waals surface area (Å²) in [6.07, 6.45) is 1.44. The van der Waals surface area contributed by atoms with E-state index < -0.39 is 0 Å². The highest BCUT2D eigenvalue weighted by Crippen LogP contribution is 2.22. The predicted octanol–water partition coefficient (Wildman–Crippen LogP) is 3.88. The van der Waals surface area contributed by atoms with E-state index in [1.54, 1.807) is 12.1 Å². The third kappa shape index (κ3) is 5.42. The molecule has 2 aromatic carbocycles. The SMILES string of the molecule is CC(C)(C)Cc1nc(-c2cccc(C(=O)NCCc3ccc(N)cc3)c2)no1. The van der Waals surface area contributed by atoms with E-state index in [2.05, 4.69) is 36.2 Å². The van der Waals surface area contributed by atoms with Gasteiger partial charge >= 0.3 is 0 Å². The molecule has 0 saturated heterocycles. The van der Waals surface area contributed by atoms with Crippen LogP contribution < -0.4 is 11.1 Å². The van der Waals surface area contributed by atoms with Crippen molar-refractivity contribution in [1.82, 2.24) is 15.5 Å². The molecular formula is C22H26N4O2. The molecule has 1 amide bonds. The summed E-state index contributed by atoms with van der Waals surface area (Å²) in [4.78, 5) is 16.9. The fraction of sp³-hybridized carbons (Fsp3) is 0.318. The van der Waals surface area contributed by atoms with Gasteiger partial charge < -0.3 is 15.6 Å². The Balaban J connectivity index is 1.62. The highest BCUT2D eigenvalue weighted by molar-refractivity contribution is 5.95. The molecule has 0 unspecified atom stereocenters. The number of carbonyl (C=O) groups excluding carboxylic acids is 1. The molecule has 6 nitrogen and oxygen atoms in total. The molecule has 3 rings (SSSR count). The van der Waals surface area contributed by atoms with Gasteiger partial charge in [0, 0.05) is 29.8 Å². The minimum absolute atomic E-state index is 0.0655. The Bertz CT molecular complexity index is 940. The second-order valence-corrected chi connectivity index (χ2v) is 8.08. The van der Waals surface area contributed by atoms with Crippen molar-refractivity contribution < 1.29 is 9.32 Å². The normalized spacial score (nSPS) is 11.4. The third-order valence-corrected chi connectivity index (χ3v) is 4.21. The van der Waals surface area contributed by atoms with E-state index >= 15 is 0 Å². The molecule has 0 aliphatic carbocycles. The van der Waals surface area contributed by atoms with E-state index in [1.807, 2.05) is 36.4 Å². The number of nitrogens with one attached hydrogen (secondary N) is 1. The molecule has 6 heteroatoms. The monoisotopic (exact) mass is 378 g/mol. The second-order valence-electron chi connectivity index (χ2n) is 8.08. The summed E-state index contributed by atoms with van der Waals surface area (Å²) in [5.74, 6) is 0.965. The average molecular weight is 378 g/mol. The van der Waals surface area contributed by atoms with E-state index in [4.69, 9.17) is 10.3 Å². The van der Waals surface area contributed by atoms with Gasteiger partial charge in [-0.15, -0.1) is 0 Å². The molecule has 0 aliphatic heterocycles. The van der Waals surface area contributed by atoms with Crippen LogP contribution in [0.3, 0.4) is 0 Å². The van der Waals surface area contributed by atoms with Gasteiger partial charge in [0.25, 0.3) is 5.91 Å². The molecule has 146 valence electrons. The maximum atomic E-state index is 12.5. The minimum atomic E-state index is -0.129. The van der Waals surface area contributed by atoms with E-state index in [0.717, 1.165) is 23.2 Å². The molecule has 3 aromatic rings. The van der Waals surface area contributed by atoms with Gasteiger partial charge in [-0.25, -0.2) is 0 Å². The number of nitrogens with two attached hydrogens (primary N) is 1. The van der Waals surface area contributed by atoms with Crippen molar-refractivity contribution >= 4 is 11.6 Å². The lowest BCUT2D eigenvalue weighted by Crippen LogP contribution is -2.25. The van der Waals surface area contributed by atoms with Crippen LogP contribution in [0.25, 0.3) is 11.4 Å². The van der Waals surface area contributed by atoms with Crippen LogP contribution in [0.1, 0.15) is 42.6 Å². The summed E-state index contributed by atoms with van der Waals surface area (Å²) < 4.78 is 5.35. The number of benzene rings is 2. The Labute approximate surface area is 165 Å². The predicted molar refractivity (Wildman–Crippen MR) is 110 cm³/mol. The van der Waals surface area contributed by atoms with Gasteiger partial charge in [0.2, 0.25) is 11.7 Å². The van der Waals surface area contributed by atoms with E-state index in [9.17, 15) is 4.79 Å². The van der Waals surface area contributed by atoms with Crippen molar-refractivity contribution in [1.29, 1.82) is 0 Å². The lowest BCUT2D eigenvalue weighted by atomic mass is 9.92. The number of nitrogen functional groups attached to an aromatic ring is 1. The molecular weight excluding hydrogens is 352 g/mol. The zero-order chi connectivity index (χ0) is 20.1. The standard InChI is InChI=1S/C22H26N4O2/c1-22(2,3)14-19-25-20(26-28-19)16-5-4-6-17(13-16)21(27)24-12-11-15-7-9-18(23)10-8-15/h4-10,13H,11-12,14,23H2,1-3H3,(H,24,27). The van der Waals surface area contributed by atoms with Crippen LogP contribution in [0.15, 0.2) is 53.1 Å². The van der Waals surface area contributed by atoms with Gasteiger partial charge in [-0.2, -0.15) is 4.98 Å². The molecule has 1 heterocycles. The van der Waals surface area contributed by atoms with Crippen LogP contribution in [0, 0.1) is 5.41 Å². The molecule has 0 aliphatic rings. The molecule has 1 aromatic heterocycles. The first-order valence-electron chi connectivity index (χ1n) is 9.36. The fourth-order valence-corrected chi connectivity index (χ4v) is 2.80. The molecule has 0 spiro atoms. The van der Waals surface area contributed by atoms with Crippen LogP contribution in [-0.2, 0) is 12.8 Å². The number of hydrogen-bond acceptors (Lipinski definition) is 5. The van der Waals surface area contributed by atoms with Crippen molar-refractivity contribution in [3.63, 3.8) is 0 Å². The van der Waals surface area contributed by atoms with Crippen LogP contribution in [0.5, 0.6) is 0 Å². The van der Waals surface area contributed by atoms with Gasteiger partial charge in [0.05, 0.1) is 0 Å². The molecule has 28 heavy (non-hydrogen) atoms.